The Morgan fingerprint density at radius 1 is 1.25 bits per heavy atom. The van der Waals surface area contributed by atoms with Crippen LogP contribution in [0, 0.1) is 5.82 Å². The highest BCUT2D eigenvalue weighted by Gasteiger charge is 2.29. The fourth-order valence-electron chi connectivity index (χ4n) is 3.26. The lowest BCUT2D eigenvalue weighted by Gasteiger charge is -2.24. The third-order valence-corrected chi connectivity index (χ3v) is 4.37. The minimum atomic E-state index is -1.22. The van der Waals surface area contributed by atoms with Crippen LogP contribution < -0.4 is 4.90 Å². The highest BCUT2D eigenvalue weighted by atomic mass is 19.1. The van der Waals surface area contributed by atoms with E-state index in [1.165, 1.54) is 38.1 Å². The second-order valence-electron chi connectivity index (χ2n) is 5.60. The number of halogens is 1. The molecular weight excluding hydrogens is 259 g/mol. The largest absolute Gasteiger partial charge is 0.478 e. The van der Waals surface area contributed by atoms with Crippen molar-refractivity contribution in [2.24, 2.45) is 0 Å². The van der Waals surface area contributed by atoms with E-state index < -0.39 is 11.8 Å². The fourth-order valence-corrected chi connectivity index (χ4v) is 3.26. The van der Waals surface area contributed by atoms with Crippen LogP contribution in [0.15, 0.2) is 18.2 Å². The van der Waals surface area contributed by atoms with Gasteiger partial charge in [0, 0.05) is 24.8 Å². The molecule has 4 nitrogen and oxygen atoms in total. The quantitative estimate of drug-likeness (QED) is 0.920. The van der Waals surface area contributed by atoms with Crippen molar-refractivity contribution >= 4 is 11.7 Å². The van der Waals surface area contributed by atoms with Gasteiger partial charge in [-0.25, -0.2) is 9.18 Å². The van der Waals surface area contributed by atoms with Gasteiger partial charge < -0.3 is 10.0 Å². The molecule has 0 spiro atoms. The topological polar surface area (TPSA) is 43.8 Å². The number of benzene rings is 1. The van der Waals surface area contributed by atoms with Gasteiger partial charge >= 0.3 is 5.97 Å². The van der Waals surface area contributed by atoms with E-state index in [0.717, 1.165) is 25.2 Å². The minimum absolute atomic E-state index is 0.260. The Labute approximate surface area is 117 Å². The van der Waals surface area contributed by atoms with E-state index in [4.69, 9.17) is 5.11 Å². The van der Waals surface area contributed by atoms with E-state index in [-0.39, 0.29) is 5.56 Å². The Balaban J connectivity index is 1.71. The zero-order valence-corrected chi connectivity index (χ0v) is 11.4. The van der Waals surface area contributed by atoms with Crippen LogP contribution in [0.1, 0.15) is 29.6 Å². The molecule has 0 aromatic heterocycles. The van der Waals surface area contributed by atoms with Crippen molar-refractivity contribution in [3.8, 4) is 0 Å². The molecule has 0 bridgehead atoms. The van der Waals surface area contributed by atoms with Crippen LogP contribution in [0.3, 0.4) is 0 Å². The van der Waals surface area contributed by atoms with Crippen LogP contribution in [0.2, 0.25) is 0 Å². The molecule has 1 aromatic carbocycles. The highest BCUT2D eigenvalue weighted by molar-refractivity contribution is 5.88. The minimum Gasteiger partial charge on any atom is -0.478 e. The average Bonchev–Trinajstić information content (AvgIpc) is 3.09. The first kappa shape index (κ1) is 13.4. The van der Waals surface area contributed by atoms with Crippen molar-refractivity contribution < 1.29 is 14.3 Å². The van der Waals surface area contributed by atoms with Crippen molar-refractivity contribution in [2.75, 3.05) is 31.1 Å². The van der Waals surface area contributed by atoms with Gasteiger partial charge in [0.2, 0.25) is 0 Å². The summed E-state index contributed by atoms with van der Waals surface area (Å²) in [5.74, 6) is -1.87. The Hall–Kier alpha value is -1.62. The monoisotopic (exact) mass is 278 g/mol. The lowest BCUT2D eigenvalue weighted by molar-refractivity contribution is 0.0692. The van der Waals surface area contributed by atoms with Gasteiger partial charge in [-0.05, 0) is 50.6 Å². The molecule has 108 valence electrons. The Morgan fingerprint density at radius 2 is 2.00 bits per heavy atom. The normalized spacial score (nSPS) is 23.4. The summed E-state index contributed by atoms with van der Waals surface area (Å²) in [5, 5.41) is 8.85. The molecule has 0 radical (unpaired) electrons. The number of carboxylic acid groups (broad SMARTS) is 1. The predicted molar refractivity (Wildman–Crippen MR) is 74.8 cm³/mol. The molecule has 0 amide bonds. The third-order valence-electron chi connectivity index (χ3n) is 4.37. The van der Waals surface area contributed by atoms with Crippen LogP contribution >= 0.6 is 0 Å². The smallest absolute Gasteiger partial charge is 0.338 e. The molecule has 2 aliphatic heterocycles. The first-order chi connectivity index (χ1) is 9.65. The van der Waals surface area contributed by atoms with E-state index in [9.17, 15) is 9.18 Å². The Kier molecular flexibility index (Phi) is 3.61. The zero-order chi connectivity index (χ0) is 14.1. The number of carbonyl (C=O) groups is 1. The van der Waals surface area contributed by atoms with E-state index in [2.05, 4.69) is 9.80 Å². The van der Waals surface area contributed by atoms with E-state index in [1.54, 1.807) is 6.07 Å². The van der Waals surface area contributed by atoms with Gasteiger partial charge in [0.15, 0.2) is 0 Å². The van der Waals surface area contributed by atoms with Gasteiger partial charge in [0.25, 0.3) is 0 Å². The van der Waals surface area contributed by atoms with E-state index in [1.807, 2.05) is 0 Å². The standard InChI is InChI=1S/C15H19FN2O2/c16-14-9-11(3-4-13(14)15(19)20)18-8-5-12(10-18)17-6-1-2-7-17/h3-4,9,12H,1-2,5-8,10H2,(H,19,20). The molecule has 0 aliphatic carbocycles. The van der Waals surface area contributed by atoms with Gasteiger partial charge in [-0.3, -0.25) is 4.90 Å². The molecule has 1 aromatic rings. The number of anilines is 1. The van der Waals surface area contributed by atoms with Gasteiger partial charge in [-0.1, -0.05) is 0 Å². The molecular formula is C15H19FN2O2. The summed E-state index contributed by atoms with van der Waals surface area (Å²) in [6, 6.07) is 4.96. The predicted octanol–water partition coefficient (Wildman–Crippen LogP) is 2.20. The lowest BCUT2D eigenvalue weighted by Crippen LogP contribution is -2.35. The number of carboxylic acids is 1. The van der Waals surface area contributed by atoms with Crippen molar-refractivity contribution in [2.45, 2.75) is 25.3 Å². The number of aromatic carboxylic acids is 1. The van der Waals surface area contributed by atoms with Crippen molar-refractivity contribution in [1.82, 2.24) is 4.90 Å². The van der Waals surface area contributed by atoms with Crippen LogP contribution in [0.25, 0.3) is 0 Å². The summed E-state index contributed by atoms with van der Waals surface area (Å²) < 4.78 is 13.7. The van der Waals surface area contributed by atoms with Crippen molar-refractivity contribution in [3.63, 3.8) is 0 Å². The number of nitrogens with zero attached hydrogens (tertiary/aromatic N) is 2. The molecule has 3 rings (SSSR count). The SMILES string of the molecule is O=C(O)c1ccc(N2CCC(N3CCCC3)C2)cc1F. The molecule has 2 heterocycles. The summed E-state index contributed by atoms with van der Waals surface area (Å²) in [6.07, 6.45) is 3.65. The molecule has 0 saturated carbocycles. The van der Waals surface area contributed by atoms with Crippen molar-refractivity contribution in [3.05, 3.63) is 29.6 Å². The number of hydrogen-bond acceptors (Lipinski definition) is 3. The van der Waals surface area contributed by atoms with Crippen LogP contribution in [-0.2, 0) is 0 Å². The number of likely N-dealkylation sites (tertiary alicyclic amines) is 1. The van der Waals surface area contributed by atoms with Crippen molar-refractivity contribution in [1.29, 1.82) is 0 Å². The molecule has 1 atom stereocenters. The maximum atomic E-state index is 13.7. The number of rotatable bonds is 3. The lowest BCUT2D eigenvalue weighted by atomic mass is 10.2. The maximum Gasteiger partial charge on any atom is 0.338 e. The summed E-state index contributed by atoms with van der Waals surface area (Å²) in [5.41, 5.74) is 0.526. The van der Waals surface area contributed by atoms with Crippen LogP contribution in [-0.4, -0.2) is 48.2 Å². The molecule has 2 saturated heterocycles. The first-order valence-corrected chi connectivity index (χ1v) is 7.17. The molecule has 2 aliphatic rings. The summed E-state index contributed by atoms with van der Waals surface area (Å²) >= 11 is 0. The first-order valence-electron chi connectivity index (χ1n) is 7.17. The highest BCUT2D eigenvalue weighted by Crippen LogP contribution is 2.26. The maximum absolute atomic E-state index is 13.7. The average molecular weight is 278 g/mol. The van der Waals surface area contributed by atoms with Crippen LogP contribution in [0.5, 0.6) is 0 Å². The summed E-state index contributed by atoms with van der Waals surface area (Å²) in [4.78, 5) is 15.5. The zero-order valence-electron chi connectivity index (χ0n) is 11.4. The summed E-state index contributed by atoms with van der Waals surface area (Å²) in [7, 11) is 0. The Morgan fingerprint density at radius 3 is 2.65 bits per heavy atom. The molecule has 20 heavy (non-hydrogen) atoms. The van der Waals surface area contributed by atoms with Gasteiger partial charge in [-0.2, -0.15) is 0 Å². The fraction of sp³-hybridized carbons (Fsp3) is 0.533. The van der Waals surface area contributed by atoms with Crippen LogP contribution in [0.4, 0.5) is 10.1 Å². The second-order valence-corrected chi connectivity index (χ2v) is 5.60. The Bertz CT molecular complexity index is 515. The van der Waals surface area contributed by atoms with Gasteiger partial charge in [0.1, 0.15) is 5.82 Å². The molecule has 1 unspecified atom stereocenters. The van der Waals surface area contributed by atoms with Gasteiger partial charge in [-0.15, -0.1) is 0 Å². The molecule has 1 N–H and O–H groups in total. The van der Waals surface area contributed by atoms with E-state index >= 15 is 0 Å². The molecule has 5 heteroatoms. The molecule has 2 fully saturated rings. The summed E-state index contributed by atoms with van der Waals surface area (Å²) in [6.45, 7) is 4.16. The van der Waals surface area contributed by atoms with E-state index in [0.29, 0.717) is 6.04 Å². The third kappa shape index (κ3) is 2.50. The van der Waals surface area contributed by atoms with Gasteiger partial charge in [0.05, 0.1) is 5.56 Å². The second kappa shape index (κ2) is 5.40. The number of hydrogen-bond donors (Lipinski definition) is 1.